The number of rotatable bonds is 1. The first-order valence-electron chi connectivity index (χ1n) is 1.32. The summed E-state index contributed by atoms with van der Waals surface area (Å²) in [5.74, 6) is 0. The standard InChI is InChI=1S/C2H8N2.Cu.Zn/c3-1-2-4;;/h1-4H2;;. The van der Waals surface area contributed by atoms with Gasteiger partial charge in [-0.15, -0.1) is 0 Å². The molecule has 4 heteroatoms. The van der Waals surface area contributed by atoms with E-state index in [1.807, 2.05) is 0 Å². The Balaban J connectivity index is -0.0000000450. The Bertz CT molecular complexity index is 13.5. The maximum absolute atomic E-state index is 4.90. The van der Waals surface area contributed by atoms with Crippen LogP contribution in [0.2, 0.25) is 0 Å². The van der Waals surface area contributed by atoms with Gasteiger partial charge in [-0.1, -0.05) is 0 Å². The maximum Gasteiger partial charge on any atom is 0.00461 e. The van der Waals surface area contributed by atoms with Gasteiger partial charge in [-0.05, 0) is 0 Å². The van der Waals surface area contributed by atoms with E-state index in [0.29, 0.717) is 13.1 Å². The van der Waals surface area contributed by atoms with Gasteiger partial charge in [-0.2, -0.15) is 0 Å². The summed E-state index contributed by atoms with van der Waals surface area (Å²) in [6.45, 7) is 1.19. The molecule has 0 saturated heterocycles. The van der Waals surface area contributed by atoms with Crippen LogP contribution in [0.15, 0.2) is 0 Å². The molecule has 0 heterocycles. The van der Waals surface area contributed by atoms with Gasteiger partial charge < -0.3 is 11.5 Å². The Labute approximate surface area is 61.3 Å². The van der Waals surface area contributed by atoms with Crippen molar-refractivity contribution in [3.05, 3.63) is 0 Å². The molecule has 0 rings (SSSR count). The molecule has 4 N–H and O–H groups in total. The molecule has 0 unspecified atom stereocenters. The van der Waals surface area contributed by atoms with Crippen LogP contribution in [0.3, 0.4) is 0 Å². The van der Waals surface area contributed by atoms with Gasteiger partial charge in [0.05, 0.1) is 0 Å². The molecular formula is C2H8CuN2Zn. The first-order chi connectivity index (χ1) is 1.91. The number of nitrogens with two attached hydrogens (primary N) is 2. The van der Waals surface area contributed by atoms with E-state index in [1.54, 1.807) is 0 Å². The Kier molecular flexibility index (Phi) is 43.4. The topological polar surface area (TPSA) is 52.0 Å². The fourth-order valence-electron chi connectivity index (χ4n) is 0. The van der Waals surface area contributed by atoms with Crippen LogP contribution >= 0.6 is 0 Å². The molecular weight excluding hydrogens is 181 g/mol. The van der Waals surface area contributed by atoms with Gasteiger partial charge >= 0.3 is 0 Å². The van der Waals surface area contributed by atoms with Crippen molar-refractivity contribution < 1.29 is 36.5 Å². The fourth-order valence-corrected chi connectivity index (χ4v) is 0. The third-order valence-electron chi connectivity index (χ3n) is 0.167. The molecule has 0 spiro atoms. The van der Waals surface area contributed by atoms with Crippen molar-refractivity contribution in [1.82, 2.24) is 0 Å². The summed E-state index contributed by atoms with van der Waals surface area (Å²) in [5, 5.41) is 0. The minimum atomic E-state index is 0. The molecule has 0 aliphatic carbocycles. The molecule has 0 aromatic heterocycles. The summed E-state index contributed by atoms with van der Waals surface area (Å²) in [7, 11) is 0. The van der Waals surface area contributed by atoms with E-state index in [2.05, 4.69) is 0 Å². The average Bonchev–Trinajstić information content (AvgIpc) is 1.37. The third kappa shape index (κ3) is 19.6. The van der Waals surface area contributed by atoms with Crippen molar-refractivity contribution in [2.24, 2.45) is 11.5 Å². The molecule has 0 saturated carbocycles. The van der Waals surface area contributed by atoms with E-state index in [4.69, 9.17) is 11.5 Å². The van der Waals surface area contributed by atoms with Crippen molar-refractivity contribution >= 4 is 0 Å². The van der Waals surface area contributed by atoms with Crippen molar-refractivity contribution in [2.75, 3.05) is 13.1 Å². The number of hydrogen-bond donors (Lipinski definition) is 2. The van der Waals surface area contributed by atoms with Gasteiger partial charge in [0.1, 0.15) is 0 Å². The van der Waals surface area contributed by atoms with Gasteiger partial charge in [0.2, 0.25) is 0 Å². The molecule has 39 valence electrons. The molecule has 0 aliphatic heterocycles. The van der Waals surface area contributed by atoms with Crippen LogP contribution in [0.25, 0.3) is 0 Å². The predicted octanol–water partition coefficient (Wildman–Crippen LogP) is -1.10. The molecule has 0 aromatic rings. The van der Waals surface area contributed by atoms with E-state index < -0.39 is 0 Å². The first-order valence-corrected chi connectivity index (χ1v) is 1.32. The van der Waals surface area contributed by atoms with Crippen LogP contribution in [0.1, 0.15) is 0 Å². The third-order valence-corrected chi connectivity index (χ3v) is 0.167. The van der Waals surface area contributed by atoms with Crippen LogP contribution in [0, 0.1) is 0 Å². The summed E-state index contributed by atoms with van der Waals surface area (Å²) in [5.41, 5.74) is 9.81. The molecule has 0 fully saturated rings. The normalized spacial score (nSPS) is 5.00. The van der Waals surface area contributed by atoms with Crippen molar-refractivity contribution in [2.45, 2.75) is 0 Å². The largest absolute Gasteiger partial charge is 0.329 e. The second-order valence-electron chi connectivity index (χ2n) is 0.577. The zero-order chi connectivity index (χ0) is 3.41. The molecule has 0 amide bonds. The second kappa shape index (κ2) is 16.6. The minimum Gasteiger partial charge on any atom is -0.329 e. The van der Waals surface area contributed by atoms with Gasteiger partial charge in [-0.25, -0.2) is 0 Å². The molecule has 0 atom stereocenters. The summed E-state index contributed by atoms with van der Waals surface area (Å²) in [6.07, 6.45) is 0. The monoisotopic (exact) mass is 187 g/mol. The second-order valence-corrected chi connectivity index (χ2v) is 0.577. The quantitative estimate of drug-likeness (QED) is 0.514. The van der Waals surface area contributed by atoms with Gasteiger partial charge in [0.25, 0.3) is 0 Å². The fraction of sp³-hybridized carbons (Fsp3) is 1.00. The summed E-state index contributed by atoms with van der Waals surface area (Å²) in [4.78, 5) is 0. The van der Waals surface area contributed by atoms with Crippen LogP contribution < -0.4 is 11.5 Å². The van der Waals surface area contributed by atoms with Gasteiger partial charge in [0, 0.05) is 49.6 Å². The molecule has 0 aromatic carbocycles. The van der Waals surface area contributed by atoms with E-state index in [1.165, 1.54) is 0 Å². The smallest absolute Gasteiger partial charge is 0.00461 e. The van der Waals surface area contributed by atoms with Gasteiger partial charge in [0.15, 0.2) is 0 Å². The molecule has 6 heavy (non-hydrogen) atoms. The van der Waals surface area contributed by atoms with E-state index in [0.717, 1.165) is 0 Å². The zero-order valence-electron chi connectivity index (χ0n) is 3.58. The van der Waals surface area contributed by atoms with Crippen LogP contribution in [-0.4, -0.2) is 13.1 Å². The first kappa shape index (κ1) is 15.7. The summed E-state index contributed by atoms with van der Waals surface area (Å²) < 4.78 is 0. The van der Waals surface area contributed by atoms with Crippen molar-refractivity contribution in [3.63, 3.8) is 0 Å². The van der Waals surface area contributed by atoms with Crippen LogP contribution in [-0.2, 0) is 36.5 Å². The maximum atomic E-state index is 4.90. The zero-order valence-corrected chi connectivity index (χ0v) is 7.49. The molecule has 1 radical (unpaired) electrons. The Morgan fingerprint density at radius 1 is 1.00 bits per heavy atom. The van der Waals surface area contributed by atoms with Crippen molar-refractivity contribution in [3.8, 4) is 0 Å². The summed E-state index contributed by atoms with van der Waals surface area (Å²) in [6, 6.07) is 0. The predicted molar refractivity (Wildman–Crippen MR) is 18.1 cm³/mol. The van der Waals surface area contributed by atoms with E-state index in [-0.39, 0.29) is 36.5 Å². The minimum absolute atomic E-state index is 0. The Morgan fingerprint density at radius 2 is 1.17 bits per heavy atom. The molecule has 0 bridgehead atoms. The SMILES string of the molecule is NCCN.[Cu].[Zn]. The van der Waals surface area contributed by atoms with Gasteiger partial charge in [-0.3, -0.25) is 0 Å². The van der Waals surface area contributed by atoms with Crippen molar-refractivity contribution in [1.29, 1.82) is 0 Å². The van der Waals surface area contributed by atoms with E-state index in [9.17, 15) is 0 Å². The van der Waals surface area contributed by atoms with Crippen LogP contribution in [0.4, 0.5) is 0 Å². The summed E-state index contributed by atoms with van der Waals surface area (Å²) >= 11 is 0. The average molecular weight is 189 g/mol. The Hall–Kier alpha value is 1.06. The molecule has 0 aliphatic rings. The van der Waals surface area contributed by atoms with Crippen LogP contribution in [0.5, 0.6) is 0 Å². The van der Waals surface area contributed by atoms with E-state index >= 15 is 0 Å². The Morgan fingerprint density at radius 3 is 1.17 bits per heavy atom. The number of hydrogen-bond acceptors (Lipinski definition) is 2. The molecule has 2 nitrogen and oxygen atoms in total.